The Bertz CT molecular complexity index is 850. The van der Waals surface area contributed by atoms with Crippen LogP contribution < -0.4 is 19.0 Å². The van der Waals surface area contributed by atoms with Crippen LogP contribution in [0.3, 0.4) is 0 Å². The van der Waals surface area contributed by atoms with Crippen LogP contribution in [0.15, 0.2) is 30.3 Å². The molecule has 0 spiro atoms. The first-order chi connectivity index (χ1) is 11.8. The molecule has 2 rings (SSSR count). The zero-order chi connectivity index (χ0) is 18.4. The Kier molecular flexibility index (Phi) is 5.75. The molecule has 0 atom stereocenters. The van der Waals surface area contributed by atoms with Crippen molar-refractivity contribution >= 4 is 22.3 Å². The maximum absolute atomic E-state index is 12.0. The number of rotatable bonds is 6. The molecule has 0 radical (unpaired) electrons. The van der Waals surface area contributed by atoms with Crippen molar-refractivity contribution in [3.05, 3.63) is 41.7 Å². The van der Waals surface area contributed by atoms with Gasteiger partial charge in [0, 0.05) is 11.4 Å². The van der Waals surface area contributed by atoms with Gasteiger partial charge in [0.2, 0.25) is 5.95 Å². The quantitative estimate of drug-likeness (QED) is 0.801. The monoisotopic (exact) mass is 366 g/mol. The lowest BCUT2D eigenvalue weighted by Gasteiger charge is -2.12. The standard InChI is InChI=1S/C15H18N4O5S/c1-4-23-12-7-5-6-8-13(12)24-25(21,22)19-15(20)18-14-16-10(2)9-11(3)17-14/h5-9H,4H2,1-3H3,(H2,16,17,18,19,20). The minimum Gasteiger partial charge on any atom is -0.490 e. The molecule has 25 heavy (non-hydrogen) atoms. The molecular weight excluding hydrogens is 348 g/mol. The fourth-order valence-corrected chi connectivity index (χ4v) is 2.65. The number of aromatic nitrogens is 2. The number of nitrogens with zero attached hydrogens (tertiary/aromatic N) is 2. The summed E-state index contributed by atoms with van der Waals surface area (Å²) in [7, 11) is -4.41. The van der Waals surface area contributed by atoms with E-state index >= 15 is 0 Å². The summed E-state index contributed by atoms with van der Waals surface area (Å²) < 4.78 is 35.9. The van der Waals surface area contributed by atoms with E-state index < -0.39 is 16.3 Å². The molecule has 2 amide bonds. The van der Waals surface area contributed by atoms with Gasteiger partial charge in [-0.2, -0.15) is 8.42 Å². The van der Waals surface area contributed by atoms with Gasteiger partial charge in [-0.1, -0.05) is 12.1 Å². The number of amides is 2. The highest BCUT2D eigenvalue weighted by atomic mass is 32.2. The van der Waals surface area contributed by atoms with E-state index in [2.05, 4.69) is 15.3 Å². The molecule has 0 bridgehead atoms. The largest absolute Gasteiger partial charge is 0.490 e. The van der Waals surface area contributed by atoms with Gasteiger partial charge in [0.05, 0.1) is 6.61 Å². The molecule has 0 aliphatic rings. The predicted molar refractivity (Wildman–Crippen MR) is 90.8 cm³/mol. The van der Waals surface area contributed by atoms with Crippen LogP contribution >= 0.6 is 0 Å². The number of anilines is 1. The number of carbonyl (C=O) groups excluding carboxylic acids is 1. The summed E-state index contributed by atoms with van der Waals surface area (Å²) in [6.07, 6.45) is 0. The number of urea groups is 1. The van der Waals surface area contributed by atoms with Crippen LogP contribution in [0.4, 0.5) is 10.7 Å². The second kappa shape index (κ2) is 7.79. The van der Waals surface area contributed by atoms with Crippen LogP contribution in [0, 0.1) is 13.8 Å². The molecule has 0 aliphatic carbocycles. The van der Waals surface area contributed by atoms with Gasteiger partial charge in [0.1, 0.15) is 0 Å². The van der Waals surface area contributed by atoms with Crippen LogP contribution in [0.5, 0.6) is 11.5 Å². The first kappa shape index (κ1) is 18.5. The highest BCUT2D eigenvalue weighted by molar-refractivity contribution is 7.85. The second-order valence-electron chi connectivity index (χ2n) is 4.95. The molecule has 0 saturated carbocycles. The molecule has 0 fully saturated rings. The van der Waals surface area contributed by atoms with Crippen molar-refractivity contribution in [1.82, 2.24) is 14.7 Å². The van der Waals surface area contributed by atoms with Crippen molar-refractivity contribution in [2.45, 2.75) is 20.8 Å². The highest BCUT2D eigenvalue weighted by Gasteiger charge is 2.19. The Morgan fingerprint density at radius 3 is 2.32 bits per heavy atom. The van der Waals surface area contributed by atoms with Crippen LogP contribution in [-0.4, -0.2) is 31.0 Å². The smallest absolute Gasteiger partial charge is 0.411 e. The molecule has 0 unspecified atom stereocenters. The number of para-hydroxylation sites is 2. The molecule has 10 heteroatoms. The maximum atomic E-state index is 12.0. The minimum atomic E-state index is -4.41. The Balaban J connectivity index is 2.06. The minimum absolute atomic E-state index is 0.0140. The van der Waals surface area contributed by atoms with Gasteiger partial charge < -0.3 is 8.92 Å². The van der Waals surface area contributed by atoms with Crippen LogP contribution in [-0.2, 0) is 10.3 Å². The maximum Gasteiger partial charge on any atom is 0.411 e. The summed E-state index contributed by atoms with van der Waals surface area (Å²) in [6, 6.07) is 6.89. The molecule has 9 nitrogen and oxygen atoms in total. The van der Waals surface area contributed by atoms with Crippen molar-refractivity contribution in [1.29, 1.82) is 0 Å². The second-order valence-corrected chi connectivity index (χ2v) is 6.23. The summed E-state index contributed by atoms with van der Waals surface area (Å²) in [4.78, 5) is 19.8. The van der Waals surface area contributed by atoms with E-state index in [1.807, 2.05) is 0 Å². The van der Waals surface area contributed by atoms with Crippen molar-refractivity contribution in [2.24, 2.45) is 0 Å². The third-order valence-electron chi connectivity index (χ3n) is 2.77. The fourth-order valence-electron chi connectivity index (χ4n) is 1.96. The number of hydrogen-bond acceptors (Lipinski definition) is 7. The molecule has 0 saturated heterocycles. The lowest BCUT2D eigenvalue weighted by molar-refractivity contribution is 0.255. The molecule has 1 aromatic carbocycles. The molecular formula is C15H18N4O5S. The van der Waals surface area contributed by atoms with Gasteiger partial charge in [0.25, 0.3) is 0 Å². The Labute approximate surface area is 145 Å². The average molecular weight is 366 g/mol. The average Bonchev–Trinajstić information content (AvgIpc) is 2.47. The normalized spacial score (nSPS) is 10.8. The molecule has 1 heterocycles. The number of ether oxygens (including phenoxy) is 1. The van der Waals surface area contributed by atoms with E-state index in [4.69, 9.17) is 8.92 Å². The summed E-state index contributed by atoms with van der Waals surface area (Å²) in [5.41, 5.74) is 1.26. The number of benzene rings is 1. The summed E-state index contributed by atoms with van der Waals surface area (Å²) >= 11 is 0. The Morgan fingerprint density at radius 2 is 1.72 bits per heavy atom. The van der Waals surface area contributed by atoms with E-state index in [1.54, 1.807) is 49.8 Å². The van der Waals surface area contributed by atoms with Gasteiger partial charge in [-0.15, -0.1) is 0 Å². The zero-order valence-electron chi connectivity index (χ0n) is 13.9. The van der Waals surface area contributed by atoms with Crippen LogP contribution in [0.1, 0.15) is 18.3 Å². The highest BCUT2D eigenvalue weighted by Crippen LogP contribution is 2.27. The SMILES string of the molecule is CCOc1ccccc1OS(=O)(=O)NC(=O)Nc1nc(C)cc(C)n1. The lowest BCUT2D eigenvalue weighted by atomic mass is 10.3. The van der Waals surface area contributed by atoms with Crippen LogP contribution in [0.2, 0.25) is 0 Å². The summed E-state index contributed by atoms with van der Waals surface area (Å²) in [6.45, 7) is 5.53. The lowest BCUT2D eigenvalue weighted by Crippen LogP contribution is -2.37. The van der Waals surface area contributed by atoms with Gasteiger partial charge in [0.15, 0.2) is 11.5 Å². The third-order valence-corrected chi connectivity index (χ3v) is 3.61. The molecule has 0 aliphatic heterocycles. The van der Waals surface area contributed by atoms with Gasteiger partial charge in [-0.05, 0) is 39.0 Å². The van der Waals surface area contributed by atoms with Crippen molar-refractivity contribution in [2.75, 3.05) is 11.9 Å². The van der Waals surface area contributed by atoms with Gasteiger partial charge in [-0.25, -0.2) is 19.5 Å². The first-order valence-corrected chi connectivity index (χ1v) is 8.77. The summed E-state index contributed by atoms with van der Waals surface area (Å²) in [5.74, 6) is 0.195. The van der Waals surface area contributed by atoms with E-state index in [9.17, 15) is 13.2 Å². The zero-order valence-corrected chi connectivity index (χ0v) is 14.8. The number of nitrogens with one attached hydrogen (secondary N) is 2. The Hall–Kier alpha value is -2.88. The topological polar surface area (TPSA) is 120 Å². The van der Waals surface area contributed by atoms with E-state index in [0.29, 0.717) is 18.0 Å². The number of hydrogen-bond donors (Lipinski definition) is 2. The van der Waals surface area contributed by atoms with E-state index in [1.165, 1.54) is 6.07 Å². The van der Waals surface area contributed by atoms with E-state index in [-0.39, 0.29) is 17.4 Å². The van der Waals surface area contributed by atoms with Crippen molar-refractivity contribution in [3.63, 3.8) is 0 Å². The van der Waals surface area contributed by atoms with Gasteiger partial charge >= 0.3 is 16.3 Å². The summed E-state index contributed by atoms with van der Waals surface area (Å²) in [5, 5.41) is 2.24. The van der Waals surface area contributed by atoms with Crippen LogP contribution in [0.25, 0.3) is 0 Å². The number of aryl methyl sites for hydroxylation is 2. The Morgan fingerprint density at radius 1 is 1.12 bits per heavy atom. The van der Waals surface area contributed by atoms with Crippen molar-refractivity contribution < 1.29 is 22.1 Å². The molecule has 2 aromatic rings. The van der Waals surface area contributed by atoms with E-state index in [0.717, 1.165) is 0 Å². The third kappa shape index (κ3) is 5.60. The number of carbonyl (C=O) groups is 1. The molecule has 134 valence electrons. The van der Waals surface area contributed by atoms with Crippen molar-refractivity contribution in [3.8, 4) is 11.5 Å². The predicted octanol–water partition coefficient (Wildman–Crippen LogP) is 1.94. The van der Waals surface area contributed by atoms with Gasteiger partial charge in [-0.3, -0.25) is 5.32 Å². The molecule has 2 N–H and O–H groups in total. The molecule has 1 aromatic heterocycles. The fraction of sp³-hybridized carbons (Fsp3) is 0.267. The first-order valence-electron chi connectivity index (χ1n) is 7.36.